The Labute approximate surface area is 107 Å². The van der Waals surface area contributed by atoms with Gasteiger partial charge in [0.15, 0.2) is 0 Å². The third-order valence-electron chi connectivity index (χ3n) is 4.15. The van der Waals surface area contributed by atoms with Crippen molar-refractivity contribution < 1.29 is 8.78 Å². The summed E-state index contributed by atoms with van der Waals surface area (Å²) in [5, 5.41) is 0. The first-order valence-electron chi connectivity index (χ1n) is 6.80. The second-order valence-corrected chi connectivity index (χ2v) is 5.48. The van der Waals surface area contributed by atoms with Crippen LogP contribution in [0.15, 0.2) is 18.2 Å². The van der Waals surface area contributed by atoms with Gasteiger partial charge in [0.05, 0.1) is 0 Å². The predicted octanol–water partition coefficient (Wildman–Crippen LogP) is 4.11. The number of benzene rings is 1. The molecule has 0 spiro atoms. The quantitative estimate of drug-likeness (QED) is 0.862. The highest BCUT2D eigenvalue weighted by molar-refractivity contribution is 5.28. The molecular weight excluding hydrogens is 232 g/mol. The van der Waals surface area contributed by atoms with Crippen LogP contribution in [0, 0.1) is 17.6 Å². The Kier molecular flexibility index (Phi) is 4.00. The number of rotatable bonds is 3. The van der Waals surface area contributed by atoms with Gasteiger partial charge in [0.25, 0.3) is 0 Å². The van der Waals surface area contributed by atoms with Gasteiger partial charge in [0.2, 0.25) is 0 Å². The highest BCUT2D eigenvalue weighted by Gasteiger charge is 2.36. The zero-order valence-electron chi connectivity index (χ0n) is 10.9. The molecule has 100 valence electrons. The molecule has 0 heterocycles. The Morgan fingerprint density at radius 3 is 2.28 bits per heavy atom. The second-order valence-electron chi connectivity index (χ2n) is 5.48. The van der Waals surface area contributed by atoms with Crippen LogP contribution >= 0.6 is 0 Å². The fourth-order valence-corrected chi connectivity index (χ4v) is 3.11. The molecule has 1 aromatic carbocycles. The fourth-order valence-electron chi connectivity index (χ4n) is 3.11. The van der Waals surface area contributed by atoms with E-state index in [1.54, 1.807) is 0 Å². The average Bonchev–Trinajstić information content (AvgIpc) is 2.32. The van der Waals surface area contributed by atoms with Crippen LogP contribution in [0.2, 0.25) is 0 Å². The van der Waals surface area contributed by atoms with E-state index < -0.39 is 17.2 Å². The van der Waals surface area contributed by atoms with E-state index in [9.17, 15) is 8.78 Å². The van der Waals surface area contributed by atoms with Gasteiger partial charge >= 0.3 is 0 Å². The van der Waals surface area contributed by atoms with Gasteiger partial charge in [-0.2, -0.15) is 0 Å². The van der Waals surface area contributed by atoms with Gasteiger partial charge in [-0.05, 0) is 43.7 Å². The van der Waals surface area contributed by atoms with Crippen LogP contribution in [0.25, 0.3) is 0 Å². The first-order chi connectivity index (χ1) is 8.57. The minimum atomic E-state index is -0.820. The summed E-state index contributed by atoms with van der Waals surface area (Å²) in [6.07, 6.45) is 5.65. The lowest BCUT2D eigenvalue weighted by molar-refractivity contribution is 0.216. The van der Waals surface area contributed by atoms with Crippen LogP contribution in [0.5, 0.6) is 0 Å². The molecule has 0 atom stereocenters. The summed E-state index contributed by atoms with van der Waals surface area (Å²) in [4.78, 5) is 0. The normalized spacial score (nSPS) is 28.3. The summed E-state index contributed by atoms with van der Waals surface area (Å²) >= 11 is 0. The van der Waals surface area contributed by atoms with Crippen molar-refractivity contribution in [3.05, 3.63) is 35.4 Å². The maximum absolute atomic E-state index is 13.8. The van der Waals surface area contributed by atoms with Crippen molar-refractivity contribution in [1.82, 2.24) is 0 Å². The van der Waals surface area contributed by atoms with Crippen LogP contribution in [0.3, 0.4) is 0 Å². The van der Waals surface area contributed by atoms with Crippen molar-refractivity contribution in [2.45, 2.75) is 51.0 Å². The summed E-state index contributed by atoms with van der Waals surface area (Å²) in [5.41, 5.74) is 5.52. The second kappa shape index (κ2) is 5.35. The van der Waals surface area contributed by atoms with Crippen LogP contribution in [0.1, 0.15) is 51.0 Å². The highest BCUT2D eigenvalue weighted by atomic mass is 19.1. The molecule has 0 bridgehead atoms. The van der Waals surface area contributed by atoms with E-state index in [0.29, 0.717) is 18.8 Å². The molecule has 18 heavy (non-hydrogen) atoms. The van der Waals surface area contributed by atoms with Gasteiger partial charge in [0.1, 0.15) is 11.6 Å². The lowest BCUT2D eigenvalue weighted by atomic mass is 9.72. The molecule has 0 amide bonds. The Bertz CT molecular complexity index is 389. The van der Waals surface area contributed by atoms with Gasteiger partial charge in [-0.25, -0.2) is 8.78 Å². The first kappa shape index (κ1) is 13.5. The van der Waals surface area contributed by atoms with Crippen molar-refractivity contribution in [3.63, 3.8) is 0 Å². The third kappa shape index (κ3) is 2.56. The van der Waals surface area contributed by atoms with Crippen LogP contribution in [-0.4, -0.2) is 0 Å². The van der Waals surface area contributed by atoms with Crippen molar-refractivity contribution >= 4 is 0 Å². The van der Waals surface area contributed by atoms with Crippen LogP contribution < -0.4 is 5.73 Å². The molecular formula is C15H21F2N. The molecule has 1 aromatic rings. The van der Waals surface area contributed by atoms with E-state index in [1.807, 2.05) is 0 Å². The lowest BCUT2D eigenvalue weighted by Gasteiger charge is -2.37. The van der Waals surface area contributed by atoms with Crippen molar-refractivity contribution in [2.24, 2.45) is 11.7 Å². The lowest BCUT2D eigenvalue weighted by Crippen LogP contribution is -2.42. The minimum absolute atomic E-state index is 0.0833. The molecule has 3 heteroatoms. The van der Waals surface area contributed by atoms with E-state index in [0.717, 1.165) is 19.3 Å². The molecule has 0 radical (unpaired) electrons. The van der Waals surface area contributed by atoms with Crippen LogP contribution in [0.4, 0.5) is 8.78 Å². The van der Waals surface area contributed by atoms with Gasteiger partial charge < -0.3 is 5.73 Å². The zero-order valence-corrected chi connectivity index (χ0v) is 10.9. The molecule has 1 fully saturated rings. The van der Waals surface area contributed by atoms with E-state index in [1.165, 1.54) is 24.6 Å². The average molecular weight is 253 g/mol. The first-order valence-corrected chi connectivity index (χ1v) is 6.80. The van der Waals surface area contributed by atoms with Gasteiger partial charge in [-0.15, -0.1) is 0 Å². The van der Waals surface area contributed by atoms with Crippen LogP contribution in [-0.2, 0) is 5.54 Å². The Hall–Kier alpha value is -0.960. The van der Waals surface area contributed by atoms with Gasteiger partial charge in [-0.3, -0.25) is 0 Å². The molecule has 2 rings (SSSR count). The van der Waals surface area contributed by atoms with Crippen molar-refractivity contribution in [2.75, 3.05) is 0 Å². The smallest absolute Gasteiger partial charge is 0.131 e. The summed E-state index contributed by atoms with van der Waals surface area (Å²) in [7, 11) is 0. The Morgan fingerprint density at radius 1 is 1.22 bits per heavy atom. The van der Waals surface area contributed by atoms with Gasteiger partial charge in [-0.1, -0.05) is 25.8 Å². The predicted molar refractivity (Wildman–Crippen MR) is 69.1 cm³/mol. The largest absolute Gasteiger partial charge is 0.321 e. The van der Waals surface area contributed by atoms with E-state index in [2.05, 4.69) is 6.92 Å². The number of nitrogens with two attached hydrogens (primary N) is 1. The molecule has 2 N–H and O–H groups in total. The summed E-state index contributed by atoms with van der Waals surface area (Å²) in [6.45, 7) is 2.17. The maximum atomic E-state index is 13.8. The summed E-state index contributed by atoms with van der Waals surface area (Å²) < 4.78 is 27.6. The monoisotopic (exact) mass is 253 g/mol. The molecule has 1 aliphatic rings. The fraction of sp³-hybridized carbons (Fsp3) is 0.600. The van der Waals surface area contributed by atoms with Gasteiger partial charge in [0, 0.05) is 11.1 Å². The van der Waals surface area contributed by atoms with E-state index in [-0.39, 0.29) is 5.56 Å². The molecule has 0 aliphatic heterocycles. The number of hydrogen-bond acceptors (Lipinski definition) is 1. The SMILES string of the molecule is CCCC1CCC(N)(c2c(F)cccc2F)CC1. The standard InChI is InChI=1S/C15H21F2N/c1-2-4-11-7-9-15(18,10-8-11)14-12(16)5-3-6-13(14)17/h3,5-6,11H,2,4,7-10,18H2,1H3. The molecule has 1 aliphatic carbocycles. The zero-order chi connectivity index (χ0) is 13.2. The minimum Gasteiger partial charge on any atom is -0.321 e. The van der Waals surface area contributed by atoms with E-state index in [4.69, 9.17) is 5.73 Å². The molecule has 0 saturated heterocycles. The molecule has 1 nitrogen and oxygen atoms in total. The van der Waals surface area contributed by atoms with Crippen molar-refractivity contribution in [3.8, 4) is 0 Å². The Balaban J connectivity index is 2.18. The summed E-state index contributed by atoms with van der Waals surface area (Å²) in [6, 6.07) is 3.98. The highest BCUT2D eigenvalue weighted by Crippen LogP contribution is 2.40. The molecule has 1 saturated carbocycles. The maximum Gasteiger partial charge on any atom is 0.131 e. The number of hydrogen-bond donors (Lipinski definition) is 1. The molecule has 0 unspecified atom stereocenters. The summed E-state index contributed by atoms with van der Waals surface area (Å²) in [5.74, 6) is -0.348. The van der Waals surface area contributed by atoms with E-state index >= 15 is 0 Å². The van der Waals surface area contributed by atoms with Crippen molar-refractivity contribution in [1.29, 1.82) is 0 Å². The third-order valence-corrected chi connectivity index (χ3v) is 4.15. The number of halogens is 2. The Morgan fingerprint density at radius 2 is 1.78 bits per heavy atom. The topological polar surface area (TPSA) is 26.0 Å². The molecule has 0 aromatic heterocycles.